The van der Waals surface area contributed by atoms with E-state index < -0.39 is 0 Å². The largest absolute Gasteiger partial charge is 0.295 e. The molecule has 3 aromatic carbocycles. The van der Waals surface area contributed by atoms with E-state index >= 15 is 0 Å². The van der Waals surface area contributed by atoms with Gasteiger partial charge in [0.1, 0.15) is 0 Å². The van der Waals surface area contributed by atoms with E-state index in [1.165, 1.54) is 16.7 Å². The first-order valence-electron chi connectivity index (χ1n) is 10.9. The average Bonchev–Trinajstić information content (AvgIpc) is 2.96. The number of carbonyl (C=O) groups is 1. The summed E-state index contributed by atoms with van der Waals surface area (Å²) in [5, 5.41) is 0. The highest BCUT2D eigenvalue weighted by atomic mass is 16.1. The quantitative estimate of drug-likeness (QED) is 0.416. The second-order valence-corrected chi connectivity index (χ2v) is 10.1. The van der Waals surface area contributed by atoms with Crippen molar-refractivity contribution < 1.29 is 4.79 Å². The average molecular weight is 397 g/mol. The van der Waals surface area contributed by atoms with Crippen LogP contribution in [-0.2, 0) is 16.2 Å². The molecule has 4 rings (SSSR count). The molecule has 0 saturated heterocycles. The molecule has 2 unspecified atom stereocenters. The van der Waals surface area contributed by atoms with Gasteiger partial charge in [0, 0.05) is 11.0 Å². The summed E-state index contributed by atoms with van der Waals surface area (Å²) < 4.78 is 0. The Hall–Kier alpha value is -2.67. The lowest BCUT2D eigenvalue weighted by Gasteiger charge is -2.38. The smallest absolute Gasteiger partial charge is 0.160 e. The maximum absolute atomic E-state index is 12.3. The second kappa shape index (κ2) is 7.23. The Labute approximate surface area is 181 Å². The summed E-state index contributed by atoms with van der Waals surface area (Å²) in [5.41, 5.74) is 6.17. The maximum Gasteiger partial charge on any atom is 0.160 e. The Morgan fingerprint density at radius 2 is 1.40 bits per heavy atom. The molecule has 0 bridgehead atoms. The van der Waals surface area contributed by atoms with Crippen LogP contribution >= 0.6 is 0 Å². The predicted molar refractivity (Wildman–Crippen MR) is 125 cm³/mol. The van der Waals surface area contributed by atoms with Gasteiger partial charge in [-0.1, -0.05) is 107 Å². The van der Waals surface area contributed by atoms with E-state index in [2.05, 4.69) is 94.4 Å². The van der Waals surface area contributed by atoms with Crippen molar-refractivity contribution in [2.45, 2.75) is 63.7 Å². The minimum absolute atomic E-state index is 0.0111. The van der Waals surface area contributed by atoms with Gasteiger partial charge in [0.05, 0.1) is 0 Å². The first-order valence-corrected chi connectivity index (χ1v) is 10.9. The van der Waals surface area contributed by atoms with Gasteiger partial charge in [-0.15, -0.1) is 0 Å². The van der Waals surface area contributed by atoms with Gasteiger partial charge in [0.15, 0.2) is 5.78 Å². The maximum atomic E-state index is 12.3. The van der Waals surface area contributed by atoms with Crippen molar-refractivity contribution in [1.82, 2.24) is 0 Å². The molecule has 1 aliphatic rings. The topological polar surface area (TPSA) is 17.1 Å². The molecule has 154 valence electrons. The molecule has 0 amide bonds. The minimum Gasteiger partial charge on any atom is -0.295 e. The molecular weight excluding hydrogens is 364 g/mol. The van der Waals surface area contributed by atoms with Crippen LogP contribution in [0.3, 0.4) is 0 Å². The first kappa shape index (κ1) is 20.6. The predicted octanol–water partition coefficient (Wildman–Crippen LogP) is 7.22. The summed E-state index contributed by atoms with van der Waals surface area (Å²) in [6, 6.07) is 28.0. The molecule has 0 radical (unpaired) electrons. The zero-order valence-corrected chi connectivity index (χ0v) is 18.8. The first-order chi connectivity index (χ1) is 14.2. The number of rotatable bonds is 5. The molecule has 3 aromatic rings. The molecule has 1 heteroatoms. The molecule has 0 aromatic heterocycles. The molecule has 1 aliphatic carbocycles. The van der Waals surface area contributed by atoms with Crippen molar-refractivity contribution in [2.75, 3.05) is 0 Å². The number of ketones is 1. The fraction of sp³-hybridized carbons (Fsp3) is 0.345. The Morgan fingerprint density at radius 3 is 2.07 bits per heavy atom. The number of benzene rings is 3. The van der Waals surface area contributed by atoms with Crippen LogP contribution in [0.15, 0.2) is 78.9 Å². The second-order valence-electron chi connectivity index (χ2n) is 10.1. The van der Waals surface area contributed by atoms with Crippen molar-refractivity contribution in [3.8, 4) is 0 Å². The van der Waals surface area contributed by atoms with Gasteiger partial charge in [-0.3, -0.25) is 4.79 Å². The lowest BCUT2D eigenvalue weighted by atomic mass is 9.65. The number of hydrogen-bond donors (Lipinski definition) is 0. The van der Waals surface area contributed by atoms with Crippen LogP contribution in [-0.4, -0.2) is 5.78 Å². The standard InChI is InChI=1S/C29H32O/c1-21(30)23-15-9-10-16-24(23)27(2,3)19-28(4)20-29(5,22-13-7-6-8-14-22)26-18-12-11-17-25(26)28/h6-18H,19-20H2,1-5H3. The number of Topliss-reactive ketones (excluding diaryl/α,β-unsaturated/α-hetero) is 1. The Kier molecular flexibility index (Phi) is 4.97. The van der Waals surface area contributed by atoms with E-state index in [-0.39, 0.29) is 22.0 Å². The zero-order chi connectivity index (χ0) is 21.6. The molecule has 0 aliphatic heterocycles. The van der Waals surface area contributed by atoms with Crippen molar-refractivity contribution in [3.05, 3.63) is 107 Å². The highest BCUT2D eigenvalue weighted by molar-refractivity contribution is 5.95. The fourth-order valence-corrected chi connectivity index (χ4v) is 6.13. The Morgan fingerprint density at radius 1 is 0.833 bits per heavy atom. The molecule has 1 nitrogen and oxygen atoms in total. The summed E-state index contributed by atoms with van der Waals surface area (Å²) in [6.45, 7) is 11.1. The van der Waals surface area contributed by atoms with Crippen LogP contribution in [0.5, 0.6) is 0 Å². The minimum atomic E-state index is -0.119. The molecular formula is C29H32O. The van der Waals surface area contributed by atoms with Gasteiger partial charge in [-0.25, -0.2) is 0 Å². The highest BCUT2D eigenvalue weighted by Gasteiger charge is 2.49. The number of fused-ring (bicyclic) bond motifs is 1. The van der Waals surface area contributed by atoms with Crippen molar-refractivity contribution in [1.29, 1.82) is 0 Å². The lowest BCUT2D eigenvalue weighted by Crippen LogP contribution is -2.33. The Balaban J connectivity index is 1.79. The molecule has 0 spiro atoms. The van der Waals surface area contributed by atoms with Crippen LogP contribution in [0.4, 0.5) is 0 Å². The van der Waals surface area contributed by atoms with E-state index in [0.717, 1.165) is 24.0 Å². The molecule has 0 heterocycles. The van der Waals surface area contributed by atoms with E-state index in [0.29, 0.717) is 0 Å². The van der Waals surface area contributed by atoms with Gasteiger partial charge in [0.25, 0.3) is 0 Å². The molecule has 30 heavy (non-hydrogen) atoms. The van der Waals surface area contributed by atoms with Gasteiger partial charge >= 0.3 is 0 Å². The molecule has 0 fully saturated rings. The third kappa shape index (κ3) is 3.31. The Bertz CT molecular complexity index is 1080. The highest BCUT2D eigenvalue weighted by Crippen LogP contribution is 2.56. The van der Waals surface area contributed by atoms with E-state index in [1.807, 2.05) is 12.1 Å². The van der Waals surface area contributed by atoms with Gasteiger partial charge in [-0.2, -0.15) is 0 Å². The summed E-state index contributed by atoms with van der Waals surface area (Å²) >= 11 is 0. The SMILES string of the molecule is CC(=O)c1ccccc1C(C)(C)CC1(C)CC(C)(c2ccccc2)c2ccccc21. The van der Waals surface area contributed by atoms with Crippen molar-refractivity contribution in [3.63, 3.8) is 0 Å². The van der Waals surface area contributed by atoms with Gasteiger partial charge < -0.3 is 0 Å². The van der Waals surface area contributed by atoms with Crippen LogP contribution in [0.1, 0.15) is 80.1 Å². The van der Waals surface area contributed by atoms with E-state index in [9.17, 15) is 4.79 Å². The normalized spacial score (nSPS) is 23.2. The van der Waals surface area contributed by atoms with Crippen LogP contribution in [0, 0.1) is 0 Å². The zero-order valence-electron chi connectivity index (χ0n) is 18.8. The molecule has 0 saturated carbocycles. The number of carbonyl (C=O) groups excluding carboxylic acids is 1. The van der Waals surface area contributed by atoms with Crippen molar-refractivity contribution >= 4 is 5.78 Å². The van der Waals surface area contributed by atoms with Crippen LogP contribution < -0.4 is 0 Å². The summed E-state index contributed by atoms with van der Waals surface area (Å²) in [6.07, 6.45) is 2.05. The monoisotopic (exact) mass is 396 g/mol. The molecule has 0 N–H and O–H groups in total. The van der Waals surface area contributed by atoms with Crippen LogP contribution in [0.2, 0.25) is 0 Å². The molecule has 2 atom stereocenters. The van der Waals surface area contributed by atoms with Crippen LogP contribution in [0.25, 0.3) is 0 Å². The lowest BCUT2D eigenvalue weighted by molar-refractivity contribution is 0.101. The number of hydrogen-bond acceptors (Lipinski definition) is 1. The fourth-order valence-electron chi connectivity index (χ4n) is 6.13. The third-order valence-corrected chi connectivity index (χ3v) is 7.19. The third-order valence-electron chi connectivity index (χ3n) is 7.19. The van der Waals surface area contributed by atoms with E-state index in [1.54, 1.807) is 6.92 Å². The van der Waals surface area contributed by atoms with Gasteiger partial charge in [-0.05, 0) is 52.8 Å². The van der Waals surface area contributed by atoms with Gasteiger partial charge in [0.2, 0.25) is 0 Å². The summed E-state index contributed by atoms with van der Waals surface area (Å²) in [7, 11) is 0. The van der Waals surface area contributed by atoms with E-state index in [4.69, 9.17) is 0 Å². The summed E-state index contributed by atoms with van der Waals surface area (Å²) in [5.74, 6) is 0.143. The summed E-state index contributed by atoms with van der Waals surface area (Å²) in [4.78, 5) is 12.3. The van der Waals surface area contributed by atoms with Crippen molar-refractivity contribution in [2.24, 2.45) is 0 Å².